The molecule has 114 valence electrons. The summed E-state index contributed by atoms with van der Waals surface area (Å²) in [6, 6.07) is 7.07. The van der Waals surface area contributed by atoms with Crippen molar-refractivity contribution in [2.45, 2.75) is 43.9 Å². The molecule has 1 aliphatic heterocycles. The molecule has 2 aliphatic rings. The Hall–Kier alpha value is -1.58. The Morgan fingerprint density at radius 3 is 2.43 bits per heavy atom. The van der Waals surface area contributed by atoms with E-state index in [0.29, 0.717) is 12.5 Å². The highest BCUT2D eigenvalue weighted by Crippen LogP contribution is 2.49. The van der Waals surface area contributed by atoms with Crippen LogP contribution >= 0.6 is 0 Å². The van der Waals surface area contributed by atoms with Crippen molar-refractivity contribution in [3.8, 4) is 0 Å². The lowest BCUT2D eigenvalue weighted by atomic mass is 9.95. The molecule has 1 saturated carbocycles. The summed E-state index contributed by atoms with van der Waals surface area (Å²) in [6.45, 7) is 2.61. The lowest BCUT2D eigenvalue weighted by Crippen LogP contribution is -2.38. The van der Waals surface area contributed by atoms with Crippen molar-refractivity contribution in [3.63, 3.8) is 0 Å². The molecular formula is C17H24FN3. The van der Waals surface area contributed by atoms with Crippen LogP contribution in [0.2, 0.25) is 0 Å². The van der Waals surface area contributed by atoms with Crippen LogP contribution < -0.4 is 5.73 Å². The first kappa shape index (κ1) is 14.4. The van der Waals surface area contributed by atoms with E-state index in [-0.39, 0.29) is 11.2 Å². The van der Waals surface area contributed by atoms with Crippen molar-refractivity contribution in [2.75, 3.05) is 19.6 Å². The summed E-state index contributed by atoms with van der Waals surface area (Å²) in [7, 11) is 0. The summed E-state index contributed by atoms with van der Waals surface area (Å²) in [5.41, 5.74) is 6.84. The minimum absolute atomic E-state index is 0.109. The van der Waals surface area contributed by atoms with Crippen LogP contribution in [-0.4, -0.2) is 30.5 Å². The van der Waals surface area contributed by atoms with Crippen LogP contribution in [0.25, 0.3) is 0 Å². The van der Waals surface area contributed by atoms with Gasteiger partial charge in [0.2, 0.25) is 0 Å². The summed E-state index contributed by atoms with van der Waals surface area (Å²) >= 11 is 0. The van der Waals surface area contributed by atoms with Crippen molar-refractivity contribution in [1.82, 2.24) is 4.90 Å². The summed E-state index contributed by atoms with van der Waals surface area (Å²) in [4.78, 5) is 6.78. The molecule has 21 heavy (non-hydrogen) atoms. The molecule has 0 unspecified atom stereocenters. The summed E-state index contributed by atoms with van der Waals surface area (Å²) in [5.74, 6) is 0.526. The number of aliphatic imine (C=N–C) groups is 1. The van der Waals surface area contributed by atoms with E-state index in [0.717, 1.165) is 31.5 Å². The van der Waals surface area contributed by atoms with Crippen molar-refractivity contribution in [3.05, 3.63) is 35.6 Å². The van der Waals surface area contributed by atoms with E-state index < -0.39 is 0 Å². The van der Waals surface area contributed by atoms with Gasteiger partial charge in [-0.05, 0) is 37.3 Å². The second-order valence-corrected chi connectivity index (χ2v) is 6.34. The van der Waals surface area contributed by atoms with Gasteiger partial charge in [-0.15, -0.1) is 0 Å². The summed E-state index contributed by atoms with van der Waals surface area (Å²) < 4.78 is 14.0. The number of nitrogens with two attached hydrogens (primary N) is 1. The van der Waals surface area contributed by atoms with Gasteiger partial charge in [0.25, 0.3) is 0 Å². The zero-order chi connectivity index (χ0) is 14.7. The molecule has 0 aromatic heterocycles. The molecule has 4 heteroatoms. The third-order valence-electron chi connectivity index (χ3n) is 4.77. The van der Waals surface area contributed by atoms with E-state index in [9.17, 15) is 4.39 Å². The van der Waals surface area contributed by atoms with Gasteiger partial charge in [0.05, 0.1) is 6.54 Å². The molecule has 1 aliphatic carbocycles. The first-order valence-electron chi connectivity index (χ1n) is 8.01. The molecular weight excluding hydrogens is 265 g/mol. The van der Waals surface area contributed by atoms with Crippen LogP contribution in [0.5, 0.6) is 0 Å². The Morgan fingerprint density at radius 1 is 1.14 bits per heavy atom. The number of halogens is 1. The van der Waals surface area contributed by atoms with Crippen LogP contribution in [0, 0.1) is 5.82 Å². The van der Waals surface area contributed by atoms with Gasteiger partial charge in [-0.1, -0.05) is 31.0 Å². The first-order chi connectivity index (χ1) is 10.2. The highest BCUT2D eigenvalue weighted by Gasteiger charge is 2.45. The molecule has 1 aromatic rings. The fourth-order valence-corrected chi connectivity index (χ4v) is 3.19. The van der Waals surface area contributed by atoms with Crippen molar-refractivity contribution in [2.24, 2.45) is 10.7 Å². The zero-order valence-corrected chi connectivity index (χ0v) is 12.5. The van der Waals surface area contributed by atoms with E-state index in [4.69, 9.17) is 5.73 Å². The predicted octanol–water partition coefficient (Wildman–Crippen LogP) is 3.05. The van der Waals surface area contributed by atoms with E-state index in [2.05, 4.69) is 9.89 Å². The molecule has 2 N–H and O–H groups in total. The average molecular weight is 289 g/mol. The molecule has 0 atom stereocenters. The Balaban J connectivity index is 1.68. The molecule has 3 nitrogen and oxygen atoms in total. The third kappa shape index (κ3) is 3.20. The second kappa shape index (κ2) is 6.04. The monoisotopic (exact) mass is 289 g/mol. The second-order valence-electron chi connectivity index (χ2n) is 6.34. The van der Waals surface area contributed by atoms with Crippen LogP contribution in [0.4, 0.5) is 4.39 Å². The van der Waals surface area contributed by atoms with Crippen molar-refractivity contribution < 1.29 is 4.39 Å². The number of rotatable bonds is 3. The minimum atomic E-state index is -0.112. The van der Waals surface area contributed by atoms with E-state index >= 15 is 0 Å². The Morgan fingerprint density at radius 2 is 1.81 bits per heavy atom. The normalized spacial score (nSPS) is 22.0. The zero-order valence-electron chi connectivity index (χ0n) is 12.5. The maximum absolute atomic E-state index is 14.0. The SMILES string of the molecule is NC(=NCC1(c2ccccc2F)CC1)N1CCCCCC1. The number of guanidine groups is 1. The van der Waals surface area contributed by atoms with Crippen LogP contribution in [0.1, 0.15) is 44.1 Å². The number of likely N-dealkylation sites (tertiary alicyclic amines) is 1. The summed E-state index contributed by atoms with van der Waals surface area (Å²) in [6.07, 6.45) is 6.95. The number of hydrogen-bond acceptors (Lipinski definition) is 1. The van der Waals surface area contributed by atoms with Gasteiger partial charge >= 0.3 is 0 Å². The standard InChI is InChI=1S/C17H24FN3/c18-15-8-4-3-7-14(15)17(9-10-17)13-20-16(19)21-11-5-1-2-6-12-21/h3-4,7-8H,1-2,5-6,9-13H2,(H2,19,20). The van der Waals surface area contributed by atoms with E-state index in [1.54, 1.807) is 6.07 Å². The maximum Gasteiger partial charge on any atom is 0.191 e. The highest BCUT2D eigenvalue weighted by atomic mass is 19.1. The maximum atomic E-state index is 14.0. The minimum Gasteiger partial charge on any atom is -0.370 e. The third-order valence-corrected chi connectivity index (χ3v) is 4.77. The predicted molar refractivity (Wildman–Crippen MR) is 83.8 cm³/mol. The van der Waals surface area contributed by atoms with Crippen LogP contribution in [0.15, 0.2) is 29.3 Å². The fraction of sp³-hybridized carbons (Fsp3) is 0.588. The number of hydrogen-bond donors (Lipinski definition) is 1. The molecule has 0 amide bonds. The molecule has 3 rings (SSSR count). The van der Waals surface area contributed by atoms with Gasteiger partial charge in [-0.3, -0.25) is 4.99 Å². The van der Waals surface area contributed by atoms with Gasteiger partial charge < -0.3 is 10.6 Å². The van der Waals surface area contributed by atoms with Gasteiger partial charge in [0.15, 0.2) is 5.96 Å². The van der Waals surface area contributed by atoms with E-state index in [1.807, 2.05) is 12.1 Å². The Labute approximate surface area is 126 Å². The van der Waals surface area contributed by atoms with Gasteiger partial charge in [0, 0.05) is 18.5 Å². The molecule has 1 aromatic carbocycles. The number of nitrogens with zero attached hydrogens (tertiary/aromatic N) is 2. The Bertz CT molecular complexity index is 515. The fourth-order valence-electron chi connectivity index (χ4n) is 3.19. The molecule has 1 heterocycles. The highest BCUT2D eigenvalue weighted by molar-refractivity contribution is 5.78. The molecule has 0 spiro atoms. The molecule has 0 radical (unpaired) electrons. The molecule has 0 bridgehead atoms. The summed E-state index contributed by atoms with van der Waals surface area (Å²) in [5, 5.41) is 0. The Kier molecular flexibility index (Phi) is 4.13. The quantitative estimate of drug-likeness (QED) is 0.686. The van der Waals surface area contributed by atoms with Crippen LogP contribution in [-0.2, 0) is 5.41 Å². The molecule has 2 fully saturated rings. The topological polar surface area (TPSA) is 41.6 Å². The average Bonchev–Trinajstić information content (AvgIpc) is 3.30. The molecule has 1 saturated heterocycles. The number of benzene rings is 1. The lowest BCUT2D eigenvalue weighted by Gasteiger charge is -2.22. The van der Waals surface area contributed by atoms with Crippen LogP contribution in [0.3, 0.4) is 0 Å². The first-order valence-corrected chi connectivity index (χ1v) is 8.01. The smallest absolute Gasteiger partial charge is 0.191 e. The lowest BCUT2D eigenvalue weighted by molar-refractivity contribution is 0.427. The van der Waals surface area contributed by atoms with Gasteiger partial charge in [-0.2, -0.15) is 0 Å². The van der Waals surface area contributed by atoms with Crippen molar-refractivity contribution >= 4 is 5.96 Å². The van der Waals surface area contributed by atoms with Crippen molar-refractivity contribution in [1.29, 1.82) is 0 Å². The van der Waals surface area contributed by atoms with Gasteiger partial charge in [0.1, 0.15) is 5.82 Å². The van der Waals surface area contributed by atoms with Gasteiger partial charge in [-0.25, -0.2) is 4.39 Å². The largest absolute Gasteiger partial charge is 0.370 e. The van der Waals surface area contributed by atoms with E-state index in [1.165, 1.54) is 31.7 Å².